The van der Waals surface area contributed by atoms with Gasteiger partial charge >= 0.3 is 5.97 Å². The van der Waals surface area contributed by atoms with E-state index in [1.54, 1.807) is 19.4 Å². The van der Waals surface area contributed by atoms with Crippen LogP contribution >= 0.6 is 0 Å². The summed E-state index contributed by atoms with van der Waals surface area (Å²) in [5.41, 5.74) is 1.27. The minimum absolute atomic E-state index is 0.00464. The number of nitrogens with one attached hydrogen (secondary N) is 1. The molecular weight excluding hydrogens is 384 g/mol. The summed E-state index contributed by atoms with van der Waals surface area (Å²) in [5, 5.41) is 12.3. The first-order valence-electron chi connectivity index (χ1n) is 10.1. The van der Waals surface area contributed by atoms with Crippen molar-refractivity contribution in [1.29, 1.82) is 0 Å². The Labute approximate surface area is 178 Å². The second-order valence-electron chi connectivity index (χ2n) is 8.28. The molecule has 0 aliphatic heterocycles. The number of ether oxygens (including phenoxy) is 2. The molecule has 0 aliphatic rings. The molecule has 1 aromatic heterocycles. The van der Waals surface area contributed by atoms with Gasteiger partial charge in [-0.25, -0.2) is 4.98 Å². The van der Waals surface area contributed by atoms with Gasteiger partial charge in [-0.3, -0.25) is 4.79 Å². The van der Waals surface area contributed by atoms with Crippen LogP contribution in [0, 0.1) is 0 Å². The molecule has 0 spiro atoms. The van der Waals surface area contributed by atoms with Crippen LogP contribution in [0.2, 0.25) is 0 Å². The molecule has 1 heterocycles. The van der Waals surface area contributed by atoms with Crippen molar-refractivity contribution in [2.75, 3.05) is 46.7 Å². The quantitative estimate of drug-likeness (QED) is 0.382. The number of nitrogens with zero attached hydrogens (tertiary/aromatic N) is 3. The fraction of sp³-hybridized carbons (Fsp3) is 0.500. The van der Waals surface area contributed by atoms with Gasteiger partial charge in [-0.15, -0.1) is 0 Å². The molecule has 0 aliphatic carbocycles. The fourth-order valence-electron chi connectivity index (χ4n) is 3.11. The Balaban J connectivity index is 1.80. The van der Waals surface area contributed by atoms with Crippen LogP contribution in [-0.2, 0) is 11.2 Å². The molecule has 1 atom stereocenters. The van der Waals surface area contributed by atoms with Gasteiger partial charge in [0.15, 0.2) is 0 Å². The van der Waals surface area contributed by atoms with Gasteiger partial charge in [-0.05, 0) is 37.0 Å². The summed E-state index contributed by atoms with van der Waals surface area (Å²) in [7, 11) is 7.71. The highest BCUT2D eigenvalue weighted by Crippen LogP contribution is 2.15. The van der Waals surface area contributed by atoms with Crippen LogP contribution in [0.4, 0.5) is 5.95 Å². The highest BCUT2D eigenvalue weighted by molar-refractivity contribution is 5.68. The van der Waals surface area contributed by atoms with E-state index in [0.29, 0.717) is 29.5 Å². The summed E-state index contributed by atoms with van der Waals surface area (Å²) in [4.78, 5) is 19.7. The van der Waals surface area contributed by atoms with Crippen LogP contribution in [0.1, 0.15) is 24.8 Å². The number of aliphatic carboxylic acids is 1. The van der Waals surface area contributed by atoms with Crippen molar-refractivity contribution in [2.24, 2.45) is 0 Å². The van der Waals surface area contributed by atoms with Crippen molar-refractivity contribution in [2.45, 2.75) is 31.7 Å². The second-order valence-corrected chi connectivity index (χ2v) is 8.28. The van der Waals surface area contributed by atoms with Gasteiger partial charge in [0.2, 0.25) is 11.8 Å². The summed E-state index contributed by atoms with van der Waals surface area (Å²) >= 11 is 0. The van der Waals surface area contributed by atoms with Gasteiger partial charge in [0.1, 0.15) is 5.75 Å². The molecule has 1 aromatic carbocycles. The Hall–Kier alpha value is -2.87. The Morgan fingerprint density at radius 3 is 2.53 bits per heavy atom. The third kappa shape index (κ3) is 9.09. The summed E-state index contributed by atoms with van der Waals surface area (Å²) in [5.74, 6) is 0.870. The molecule has 2 rings (SSSR count). The van der Waals surface area contributed by atoms with Gasteiger partial charge in [0.25, 0.3) is 0 Å². The maximum atomic E-state index is 11.2. The molecule has 8 heteroatoms. The summed E-state index contributed by atoms with van der Waals surface area (Å²) in [6, 6.07) is 9.52. The number of likely N-dealkylation sites (N-methyl/N-ethyl adjacent to an activating group) is 1. The zero-order valence-corrected chi connectivity index (χ0v) is 18.3. The molecule has 0 saturated carbocycles. The predicted octanol–water partition coefficient (Wildman–Crippen LogP) is 2.85. The number of anilines is 1. The smallest absolute Gasteiger partial charge is 0.305 e. The standard InChI is InChI=1S/C22H32N4O4/c1-26(2,3)16-18(15-21(27)28)24-22-23-13-12-20(25-22)30-14-6-5-7-17-8-10-19(29-4)11-9-17/h8-13,18H,5-7,14-16H2,1-4H3,(H-,23,24,25,27,28)/p+1. The largest absolute Gasteiger partial charge is 0.497 e. The number of aryl methyl sites for hydroxylation is 1. The number of aromatic nitrogens is 2. The first kappa shape index (κ1) is 23.4. The number of unbranched alkanes of at least 4 members (excludes halogenated alkanes) is 1. The van der Waals surface area contributed by atoms with E-state index in [1.807, 2.05) is 33.3 Å². The lowest BCUT2D eigenvalue weighted by Crippen LogP contribution is -2.45. The molecule has 0 radical (unpaired) electrons. The molecular formula is C22H33N4O4+. The normalized spacial score (nSPS) is 12.3. The van der Waals surface area contributed by atoms with Crippen LogP contribution in [-0.4, -0.2) is 73.0 Å². The molecule has 0 fully saturated rings. The van der Waals surface area contributed by atoms with Crippen molar-refractivity contribution in [3.05, 3.63) is 42.1 Å². The molecule has 0 bridgehead atoms. The van der Waals surface area contributed by atoms with Gasteiger partial charge in [0, 0.05) is 12.3 Å². The average Bonchev–Trinajstić information content (AvgIpc) is 2.66. The minimum Gasteiger partial charge on any atom is -0.497 e. The number of carboxylic acids is 1. The number of rotatable bonds is 13. The first-order valence-corrected chi connectivity index (χ1v) is 10.1. The molecule has 0 amide bonds. The molecule has 2 aromatic rings. The number of benzene rings is 1. The van der Waals surface area contributed by atoms with Crippen molar-refractivity contribution < 1.29 is 23.9 Å². The lowest BCUT2D eigenvalue weighted by Gasteiger charge is -2.29. The van der Waals surface area contributed by atoms with Crippen LogP contribution in [0.15, 0.2) is 36.5 Å². The van der Waals surface area contributed by atoms with Crippen molar-refractivity contribution in [3.8, 4) is 11.6 Å². The maximum Gasteiger partial charge on any atom is 0.305 e. The molecule has 1 unspecified atom stereocenters. The highest BCUT2D eigenvalue weighted by atomic mass is 16.5. The summed E-state index contributed by atoms with van der Waals surface area (Å²) in [6.07, 6.45) is 4.50. The topological polar surface area (TPSA) is 93.6 Å². The Morgan fingerprint density at radius 1 is 1.17 bits per heavy atom. The van der Waals surface area contributed by atoms with E-state index in [1.165, 1.54) is 5.56 Å². The van der Waals surface area contributed by atoms with Crippen LogP contribution < -0.4 is 14.8 Å². The molecule has 2 N–H and O–H groups in total. The van der Waals surface area contributed by atoms with E-state index in [9.17, 15) is 4.79 Å². The third-order valence-corrected chi connectivity index (χ3v) is 4.42. The maximum absolute atomic E-state index is 11.2. The molecule has 8 nitrogen and oxygen atoms in total. The number of carbonyl (C=O) groups is 1. The van der Waals surface area contributed by atoms with Crippen LogP contribution in [0.25, 0.3) is 0 Å². The average molecular weight is 418 g/mol. The van der Waals surface area contributed by atoms with Crippen molar-refractivity contribution in [1.82, 2.24) is 9.97 Å². The van der Waals surface area contributed by atoms with E-state index in [-0.39, 0.29) is 12.5 Å². The third-order valence-electron chi connectivity index (χ3n) is 4.42. The zero-order chi connectivity index (χ0) is 22.0. The minimum atomic E-state index is -0.856. The Kier molecular flexibility index (Phi) is 8.86. The van der Waals surface area contributed by atoms with E-state index in [0.717, 1.165) is 25.0 Å². The second kappa shape index (κ2) is 11.3. The van der Waals surface area contributed by atoms with Gasteiger partial charge in [-0.2, -0.15) is 4.98 Å². The predicted molar refractivity (Wildman–Crippen MR) is 116 cm³/mol. The monoisotopic (exact) mass is 417 g/mol. The van der Waals surface area contributed by atoms with Gasteiger partial charge < -0.3 is 24.4 Å². The SMILES string of the molecule is COc1ccc(CCCCOc2ccnc(NC(CC(=O)O)C[N+](C)(C)C)n2)cc1. The first-order chi connectivity index (χ1) is 14.2. The molecule has 30 heavy (non-hydrogen) atoms. The van der Waals surface area contributed by atoms with E-state index >= 15 is 0 Å². The van der Waals surface area contributed by atoms with E-state index in [4.69, 9.17) is 14.6 Å². The summed E-state index contributed by atoms with van der Waals surface area (Å²) in [6.45, 7) is 1.19. The molecule has 164 valence electrons. The number of methoxy groups -OCH3 is 1. The number of hydrogen-bond acceptors (Lipinski definition) is 6. The fourth-order valence-corrected chi connectivity index (χ4v) is 3.11. The lowest BCUT2D eigenvalue weighted by molar-refractivity contribution is -0.870. The summed E-state index contributed by atoms with van der Waals surface area (Å²) < 4.78 is 11.6. The highest BCUT2D eigenvalue weighted by Gasteiger charge is 2.22. The lowest BCUT2D eigenvalue weighted by atomic mass is 10.1. The van der Waals surface area contributed by atoms with Crippen LogP contribution in [0.3, 0.4) is 0 Å². The number of carboxylic acid groups (broad SMARTS) is 1. The van der Waals surface area contributed by atoms with Gasteiger partial charge in [-0.1, -0.05) is 12.1 Å². The number of quaternary nitrogens is 1. The van der Waals surface area contributed by atoms with E-state index in [2.05, 4.69) is 27.4 Å². The molecule has 0 saturated heterocycles. The Morgan fingerprint density at radius 2 is 1.90 bits per heavy atom. The number of hydrogen-bond donors (Lipinski definition) is 2. The zero-order valence-electron chi connectivity index (χ0n) is 18.3. The Bertz CT molecular complexity index is 790. The van der Waals surface area contributed by atoms with E-state index < -0.39 is 5.97 Å². The van der Waals surface area contributed by atoms with Gasteiger partial charge in [0.05, 0.1) is 53.9 Å². The van der Waals surface area contributed by atoms with Crippen molar-refractivity contribution in [3.63, 3.8) is 0 Å². The van der Waals surface area contributed by atoms with Crippen molar-refractivity contribution >= 4 is 11.9 Å². The van der Waals surface area contributed by atoms with Crippen LogP contribution in [0.5, 0.6) is 11.6 Å².